The standard InChI is InChI=1S/C14H8ClF3O/c1-7-5-6-9(13(18)12(7)17)14(19)8-3-2-4-10(16)11(8)15/h2-6H,1H3. The van der Waals surface area contributed by atoms with E-state index in [-0.39, 0.29) is 11.1 Å². The lowest BCUT2D eigenvalue weighted by Crippen LogP contribution is -2.08. The van der Waals surface area contributed by atoms with Crippen molar-refractivity contribution in [1.29, 1.82) is 0 Å². The van der Waals surface area contributed by atoms with E-state index in [0.29, 0.717) is 0 Å². The molecule has 0 radical (unpaired) electrons. The highest BCUT2D eigenvalue weighted by Crippen LogP contribution is 2.25. The van der Waals surface area contributed by atoms with Crippen LogP contribution in [0.5, 0.6) is 0 Å². The Labute approximate surface area is 112 Å². The molecule has 0 unspecified atom stereocenters. The summed E-state index contributed by atoms with van der Waals surface area (Å²) < 4.78 is 40.4. The van der Waals surface area contributed by atoms with Crippen LogP contribution in [-0.2, 0) is 0 Å². The van der Waals surface area contributed by atoms with E-state index in [4.69, 9.17) is 11.6 Å². The van der Waals surface area contributed by atoms with Gasteiger partial charge in [-0.2, -0.15) is 0 Å². The number of hydrogen-bond acceptors (Lipinski definition) is 1. The van der Waals surface area contributed by atoms with Gasteiger partial charge < -0.3 is 0 Å². The summed E-state index contributed by atoms with van der Waals surface area (Å²) in [5, 5.41) is -0.409. The monoisotopic (exact) mass is 284 g/mol. The van der Waals surface area contributed by atoms with Crippen LogP contribution in [0.3, 0.4) is 0 Å². The molecule has 2 aromatic rings. The van der Waals surface area contributed by atoms with Crippen molar-refractivity contribution in [2.24, 2.45) is 0 Å². The van der Waals surface area contributed by atoms with Crippen LogP contribution in [0.25, 0.3) is 0 Å². The van der Waals surface area contributed by atoms with Crippen LogP contribution in [0, 0.1) is 24.4 Å². The third-order valence-corrected chi connectivity index (χ3v) is 3.10. The molecule has 0 heterocycles. The average molecular weight is 285 g/mol. The van der Waals surface area contributed by atoms with E-state index in [1.54, 1.807) is 0 Å². The normalized spacial score (nSPS) is 10.6. The number of halogens is 4. The lowest BCUT2D eigenvalue weighted by atomic mass is 10.0. The highest BCUT2D eigenvalue weighted by Gasteiger charge is 2.21. The molecular weight excluding hydrogens is 277 g/mol. The van der Waals surface area contributed by atoms with Crippen molar-refractivity contribution in [2.45, 2.75) is 6.92 Å². The van der Waals surface area contributed by atoms with E-state index in [1.165, 1.54) is 25.1 Å². The molecule has 0 aromatic heterocycles. The van der Waals surface area contributed by atoms with Crippen LogP contribution in [-0.4, -0.2) is 5.78 Å². The van der Waals surface area contributed by atoms with E-state index in [1.807, 2.05) is 0 Å². The molecule has 0 aliphatic heterocycles. The van der Waals surface area contributed by atoms with Crippen LogP contribution in [0.4, 0.5) is 13.2 Å². The first-order valence-electron chi connectivity index (χ1n) is 5.36. The number of rotatable bonds is 2. The van der Waals surface area contributed by atoms with Crippen molar-refractivity contribution >= 4 is 17.4 Å². The van der Waals surface area contributed by atoms with E-state index in [0.717, 1.165) is 12.1 Å². The quantitative estimate of drug-likeness (QED) is 0.752. The maximum absolute atomic E-state index is 13.7. The van der Waals surface area contributed by atoms with Crippen molar-refractivity contribution < 1.29 is 18.0 Å². The van der Waals surface area contributed by atoms with E-state index < -0.39 is 33.8 Å². The Balaban J connectivity index is 2.57. The summed E-state index contributed by atoms with van der Waals surface area (Å²) in [6, 6.07) is 6.03. The molecule has 5 heteroatoms. The van der Waals surface area contributed by atoms with Crippen molar-refractivity contribution in [3.8, 4) is 0 Å². The van der Waals surface area contributed by atoms with E-state index in [2.05, 4.69) is 0 Å². The predicted molar refractivity (Wildman–Crippen MR) is 65.9 cm³/mol. The molecule has 1 nitrogen and oxygen atoms in total. The zero-order valence-electron chi connectivity index (χ0n) is 9.81. The van der Waals surface area contributed by atoms with Crippen molar-refractivity contribution in [3.05, 3.63) is 69.5 Å². The zero-order valence-corrected chi connectivity index (χ0v) is 10.6. The lowest BCUT2D eigenvalue weighted by molar-refractivity contribution is 0.103. The Morgan fingerprint density at radius 2 is 1.68 bits per heavy atom. The summed E-state index contributed by atoms with van der Waals surface area (Å²) in [4.78, 5) is 12.0. The minimum atomic E-state index is -1.26. The molecule has 2 rings (SSSR count). The van der Waals surface area contributed by atoms with Crippen LogP contribution >= 0.6 is 11.6 Å². The zero-order chi connectivity index (χ0) is 14.2. The molecule has 0 N–H and O–H groups in total. The second-order valence-electron chi connectivity index (χ2n) is 3.99. The smallest absolute Gasteiger partial charge is 0.197 e. The first-order chi connectivity index (χ1) is 8.93. The van der Waals surface area contributed by atoms with E-state index in [9.17, 15) is 18.0 Å². The predicted octanol–water partition coefficient (Wildman–Crippen LogP) is 4.30. The molecule has 0 bridgehead atoms. The van der Waals surface area contributed by atoms with Crippen molar-refractivity contribution in [1.82, 2.24) is 0 Å². The highest BCUT2D eigenvalue weighted by molar-refractivity contribution is 6.35. The molecule has 19 heavy (non-hydrogen) atoms. The Kier molecular flexibility index (Phi) is 3.62. The first kappa shape index (κ1) is 13.6. The minimum Gasteiger partial charge on any atom is -0.288 e. The Morgan fingerprint density at radius 3 is 2.37 bits per heavy atom. The Hall–Kier alpha value is -1.81. The number of hydrogen-bond donors (Lipinski definition) is 0. The summed E-state index contributed by atoms with van der Waals surface area (Å²) in [6.45, 7) is 1.38. The molecule has 0 atom stereocenters. The number of benzene rings is 2. The second-order valence-corrected chi connectivity index (χ2v) is 4.37. The molecule has 98 valence electrons. The number of ketones is 1. The third kappa shape index (κ3) is 2.36. The van der Waals surface area contributed by atoms with Crippen LogP contribution in [0.1, 0.15) is 21.5 Å². The molecule has 0 spiro atoms. The fourth-order valence-electron chi connectivity index (χ4n) is 1.65. The average Bonchev–Trinajstić information content (AvgIpc) is 2.39. The minimum absolute atomic E-state index is 0.0828. The van der Waals surface area contributed by atoms with Gasteiger partial charge >= 0.3 is 0 Å². The number of aryl methyl sites for hydroxylation is 1. The highest BCUT2D eigenvalue weighted by atomic mass is 35.5. The van der Waals surface area contributed by atoms with Gasteiger partial charge in [0.2, 0.25) is 0 Å². The fourth-order valence-corrected chi connectivity index (χ4v) is 1.86. The summed E-state index contributed by atoms with van der Waals surface area (Å²) >= 11 is 5.65. The largest absolute Gasteiger partial charge is 0.288 e. The number of carbonyl (C=O) groups is 1. The van der Waals surface area contributed by atoms with Crippen LogP contribution in [0.2, 0.25) is 5.02 Å². The van der Waals surface area contributed by atoms with Gasteiger partial charge in [0, 0.05) is 5.56 Å². The van der Waals surface area contributed by atoms with E-state index >= 15 is 0 Å². The molecule has 0 aliphatic carbocycles. The van der Waals surface area contributed by atoms with Crippen molar-refractivity contribution in [2.75, 3.05) is 0 Å². The fraction of sp³-hybridized carbons (Fsp3) is 0.0714. The summed E-state index contributed by atoms with van der Waals surface area (Å²) in [5.74, 6) is -4.01. The Bertz CT molecular complexity index is 668. The molecule has 0 aliphatic rings. The lowest BCUT2D eigenvalue weighted by Gasteiger charge is -2.07. The molecule has 2 aromatic carbocycles. The summed E-state index contributed by atoms with van der Waals surface area (Å²) in [7, 11) is 0. The van der Waals surface area contributed by atoms with Gasteiger partial charge in [-0.3, -0.25) is 4.79 Å². The first-order valence-corrected chi connectivity index (χ1v) is 5.74. The third-order valence-electron chi connectivity index (χ3n) is 2.72. The number of carbonyl (C=O) groups excluding carboxylic acids is 1. The molecule has 0 amide bonds. The Morgan fingerprint density at radius 1 is 1.00 bits per heavy atom. The topological polar surface area (TPSA) is 17.1 Å². The second kappa shape index (κ2) is 5.05. The van der Waals surface area contributed by atoms with Gasteiger partial charge in [0.05, 0.1) is 10.6 Å². The van der Waals surface area contributed by atoms with Gasteiger partial charge in [0.25, 0.3) is 0 Å². The van der Waals surface area contributed by atoms with Crippen LogP contribution in [0.15, 0.2) is 30.3 Å². The maximum Gasteiger partial charge on any atom is 0.197 e. The molecule has 0 fully saturated rings. The van der Waals surface area contributed by atoms with Crippen LogP contribution < -0.4 is 0 Å². The summed E-state index contributed by atoms with van der Waals surface area (Å²) in [6.07, 6.45) is 0. The summed E-state index contributed by atoms with van der Waals surface area (Å²) in [5.41, 5.74) is -0.598. The molecule has 0 saturated heterocycles. The molecule has 0 saturated carbocycles. The maximum atomic E-state index is 13.7. The van der Waals surface area contributed by atoms with Gasteiger partial charge in [-0.15, -0.1) is 0 Å². The van der Waals surface area contributed by atoms with Crippen molar-refractivity contribution in [3.63, 3.8) is 0 Å². The van der Waals surface area contributed by atoms with Gasteiger partial charge in [-0.25, -0.2) is 13.2 Å². The van der Waals surface area contributed by atoms with Gasteiger partial charge in [0.1, 0.15) is 5.82 Å². The SMILES string of the molecule is Cc1ccc(C(=O)c2cccc(F)c2Cl)c(F)c1F. The van der Waals surface area contributed by atoms with Gasteiger partial charge in [0.15, 0.2) is 17.4 Å². The van der Waals surface area contributed by atoms with Gasteiger partial charge in [-0.1, -0.05) is 23.7 Å². The van der Waals surface area contributed by atoms with Gasteiger partial charge in [-0.05, 0) is 30.7 Å². The molecular formula is C14H8ClF3O.